The van der Waals surface area contributed by atoms with Crippen molar-refractivity contribution in [2.24, 2.45) is 0 Å². The van der Waals surface area contributed by atoms with Gasteiger partial charge in [0.1, 0.15) is 5.75 Å². The van der Waals surface area contributed by atoms with Crippen LogP contribution in [0.15, 0.2) is 27.1 Å². The van der Waals surface area contributed by atoms with Crippen LogP contribution in [0.3, 0.4) is 0 Å². The molecule has 0 bridgehead atoms. The van der Waals surface area contributed by atoms with Gasteiger partial charge in [0.15, 0.2) is 0 Å². The molecule has 1 nitrogen and oxygen atoms in total. The fourth-order valence-electron chi connectivity index (χ4n) is 0.733. The molecule has 0 unspecified atom stereocenters. The number of ether oxygens (including phenoxy) is 1. The molecule has 0 radical (unpaired) electrons. The monoisotopic (exact) mass is 278 g/mol. The summed E-state index contributed by atoms with van der Waals surface area (Å²) >= 11 is 6.77. The predicted molar refractivity (Wildman–Crippen MR) is 53.0 cm³/mol. The Balaban J connectivity index is 2.86. The highest BCUT2D eigenvalue weighted by Gasteiger charge is 1.97. The highest BCUT2D eigenvalue weighted by molar-refractivity contribution is 9.13. The van der Waals surface area contributed by atoms with Crippen LogP contribution in [-0.2, 0) is 0 Å². The van der Waals surface area contributed by atoms with Crippen molar-refractivity contribution in [1.82, 2.24) is 0 Å². The van der Waals surface area contributed by atoms with Gasteiger partial charge in [-0.1, -0.05) is 0 Å². The Bertz CT molecular complexity index is 248. The maximum Gasteiger partial charge on any atom is 0.120 e. The second kappa shape index (κ2) is 4.12. The van der Waals surface area contributed by atoms with E-state index in [9.17, 15) is 0 Å². The van der Waals surface area contributed by atoms with E-state index in [0.717, 1.165) is 14.7 Å². The summed E-state index contributed by atoms with van der Waals surface area (Å²) in [6.45, 7) is 2.67. The quantitative estimate of drug-likeness (QED) is 0.804. The fourth-order valence-corrected chi connectivity index (χ4v) is 1.34. The number of hydrogen-bond acceptors (Lipinski definition) is 1. The lowest BCUT2D eigenvalue weighted by Crippen LogP contribution is -1.90. The second-order valence-corrected chi connectivity index (χ2v) is 3.72. The third-order valence-corrected chi connectivity index (χ3v) is 3.08. The zero-order valence-electron chi connectivity index (χ0n) is 6.10. The Labute approximate surface area is 83.0 Å². The Morgan fingerprint density at radius 3 is 2.55 bits per heavy atom. The second-order valence-electron chi connectivity index (χ2n) is 2.01. The smallest absolute Gasteiger partial charge is 0.120 e. The summed E-state index contributed by atoms with van der Waals surface area (Å²) < 4.78 is 7.35. The van der Waals surface area contributed by atoms with Gasteiger partial charge in [0.05, 0.1) is 6.61 Å². The molecule has 3 heteroatoms. The number of halogens is 2. The van der Waals surface area contributed by atoms with E-state index in [1.807, 2.05) is 25.1 Å². The van der Waals surface area contributed by atoms with Gasteiger partial charge in [0, 0.05) is 8.95 Å². The van der Waals surface area contributed by atoms with Crippen LogP contribution < -0.4 is 4.74 Å². The lowest BCUT2D eigenvalue weighted by Gasteiger charge is -2.03. The van der Waals surface area contributed by atoms with E-state index in [1.165, 1.54) is 0 Å². The minimum Gasteiger partial charge on any atom is -0.494 e. The molecule has 0 heterocycles. The Hall–Kier alpha value is -0.0200. The van der Waals surface area contributed by atoms with Crippen LogP contribution in [-0.4, -0.2) is 6.61 Å². The van der Waals surface area contributed by atoms with E-state index in [2.05, 4.69) is 31.9 Å². The summed E-state index contributed by atoms with van der Waals surface area (Å²) in [5.41, 5.74) is 0. The highest BCUT2D eigenvalue weighted by Crippen LogP contribution is 2.26. The molecule has 0 aliphatic carbocycles. The van der Waals surface area contributed by atoms with Crippen LogP contribution in [0.1, 0.15) is 6.92 Å². The first-order valence-corrected chi connectivity index (χ1v) is 4.90. The average molecular weight is 280 g/mol. The molecule has 0 aliphatic rings. The SMILES string of the molecule is CCOc1ccc(Br)c(Br)c1. The van der Waals surface area contributed by atoms with Crippen molar-refractivity contribution in [3.8, 4) is 5.75 Å². The van der Waals surface area contributed by atoms with Gasteiger partial charge in [0.2, 0.25) is 0 Å². The van der Waals surface area contributed by atoms with Gasteiger partial charge in [-0.2, -0.15) is 0 Å². The molecular formula is C8H8Br2O. The molecule has 0 fully saturated rings. The zero-order chi connectivity index (χ0) is 8.27. The first-order chi connectivity index (χ1) is 5.24. The predicted octanol–water partition coefficient (Wildman–Crippen LogP) is 3.61. The third kappa shape index (κ3) is 2.49. The molecule has 1 aromatic carbocycles. The molecule has 1 rings (SSSR count). The van der Waals surface area contributed by atoms with Crippen molar-refractivity contribution >= 4 is 31.9 Å². The molecule has 0 saturated carbocycles. The van der Waals surface area contributed by atoms with E-state index in [1.54, 1.807) is 0 Å². The lowest BCUT2D eigenvalue weighted by atomic mass is 10.3. The summed E-state index contributed by atoms with van der Waals surface area (Å²) in [5, 5.41) is 0. The minimum absolute atomic E-state index is 0.702. The summed E-state index contributed by atoms with van der Waals surface area (Å²) in [6, 6.07) is 5.82. The largest absolute Gasteiger partial charge is 0.494 e. The molecule has 60 valence electrons. The molecule has 0 amide bonds. The van der Waals surface area contributed by atoms with E-state index >= 15 is 0 Å². The van der Waals surface area contributed by atoms with E-state index in [-0.39, 0.29) is 0 Å². The topological polar surface area (TPSA) is 9.23 Å². The molecule has 0 N–H and O–H groups in total. The van der Waals surface area contributed by atoms with Gasteiger partial charge in [-0.3, -0.25) is 0 Å². The standard InChI is InChI=1S/C8H8Br2O/c1-2-11-6-3-4-7(9)8(10)5-6/h3-5H,2H2,1H3. The Kier molecular flexibility index (Phi) is 3.40. The molecule has 11 heavy (non-hydrogen) atoms. The van der Waals surface area contributed by atoms with E-state index in [0.29, 0.717) is 6.61 Å². The van der Waals surface area contributed by atoms with Crippen LogP contribution in [0.4, 0.5) is 0 Å². The highest BCUT2D eigenvalue weighted by atomic mass is 79.9. The summed E-state index contributed by atoms with van der Waals surface area (Å²) in [5.74, 6) is 0.891. The number of benzene rings is 1. The van der Waals surface area contributed by atoms with Crippen LogP contribution >= 0.6 is 31.9 Å². The van der Waals surface area contributed by atoms with Crippen molar-refractivity contribution in [2.75, 3.05) is 6.61 Å². The van der Waals surface area contributed by atoms with Crippen LogP contribution in [0.25, 0.3) is 0 Å². The summed E-state index contributed by atoms with van der Waals surface area (Å²) in [6.07, 6.45) is 0. The van der Waals surface area contributed by atoms with Gasteiger partial charge >= 0.3 is 0 Å². The van der Waals surface area contributed by atoms with E-state index in [4.69, 9.17) is 4.74 Å². The molecule has 0 atom stereocenters. The van der Waals surface area contributed by atoms with Crippen molar-refractivity contribution in [1.29, 1.82) is 0 Å². The molecule has 1 aromatic rings. The zero-order valence-corrected chi connectivity index (χ0v) is 9.28. The Morgan fingerprint density at radius 2 is 2.00 bits per heavy atom. The number of hydrogen-bond donors (Lipinski definition) is 0. The van der Waals surface area contributed by atoms with Crippen molar-refractivity contribution in [3.63, 3.8) is 0 Å². The van der Waals surface area contributed by atoms with Crippen molar-refractivity contribution in [2.45, 2.75) is 6.92 Å². The van der Waals surface area contributed by atoms with E-state index < -0.39 is 0 Å². The average Bonchev–Trinajstić information content (AvgIpc) is 1.98. The molecule has 0 saturated heterocycles. The van der Waals surface area contributed by atoms with Crippen molar-refractivity contribution < 1.29 is 4.74 Å². The summed E-state index contributed by atoms with van der Waals surface area (Å²) in [4.78, 5) is 0. The van der Waals surface area contributed by atoms with Crippen molar-refractivity contribution in [3.05, 3.63) is 27.1 Å². The minimum atomic E-state index is 0.702. The Morgan fingerprint density at radius 1 is 1.27 bits per heavy atom. The lowest BCUT2D eigenvalue weighted by molar-refractivity contribution is 0.340. The first-order valence-electron chi connectivity index (χ1n) is 3.32. The van der Waals surface area contributed by atoms with Gasteiger partial charge in [-0.15, -0.1) is 0 Å². The number of rotatable bonds is 2. The molecule has 0 aromatic heterocycles. The first kappa shape index (κ1) is 9.07. The normalized spacial score (nSPS) is 9.73. The van der Waals surface area contributed by atoms with Crippen LogP contribution in [0, 0.1) is 0 Å². The third-order valence-electron chi connectivity index (χ3n) is 1.20. The maximum atomic E-state index is 5.29. The molecule has 0 spiro atoms. The van der Waals surface area contributed by atoms with Crippen LogP contribution in [0.5, 0.6) is 5.75 Å². The van der Waals surface area contributed by atoms with Gasteiger partial charge in [0.25, 0.3) is 0 Å². The van der Waals surface area contributed by atoms with Gasteiger partial charge < -0.3 is 4.74 Å². The van der Waals surface area contributed by atoms with Gasteiger partial charge in [-0.05, 0) is 57.0 Å². The fraction of sp³-hybridized carbons (Fsp3) is 0.250. The van der Waals surface area contributed by atoms with Crippen LogP contribution in [0.2, 0.25) is 0 Å². The summed E-state index contributed by atoms with van der Waals surface area (Å²) in [7, 11) is 0. The molecule has 0 aliphatic heterocycles. The van der Waals surface area contributed by atoms with Gasteiger partial charge in [-0.25, -0.2) is 0 Å². The molecular weight excluding hydrogens is 272 g/mol. The maximum absolute atomic E-state index is 5.29.